The van der Waals surface area contributed by atoms with E-state index in [1.165, 1.54) is 7.05 Å². The maximum Gasteiger partial charge on any atom is 0.204 e. The van der Waals surface area contributed by atoms with Crippen molar-refractivity contribution < 1.29 is 47.1 Å². The molecule has 1 rings (SSSR count). The van der Waals surface area contributed by atoms with Crippen molar-refractivity contribution >= 4 is 18.1 Å². The van der Waals surface area contributed by atoms with Gasteiger partial charge in [-0.15, -0.1) is 35.9 Å². The molecule has 0 saturated heterocycles. The van der Waals surface area contributed by atoms with E-state index in [0.29, 0.717) is 11.8 Å². The molecule has 0 aliphatic rings. The quantitative estimate of drug-likeness (QED) is 0.625. The van der Waals surface area contributed by atoms with E-state index in [4.69, 9.17) is 0 Å². The molecule has 0 aliphatic carbocycles. The van der Waals surface area contributed by atoms with E-state index in [2.05, 4.69) is 16.7 Å². The van der Waals surface area contributed by atoms with Crippen molar-refractivity contribution in [1.82, 2.24) is 5.32 Å². The molecule has 0 spiro atoms. The van der Waals surface area contributed by atoms with Crippen LogP contribution in [0.25, 0.3) is 5.32 Å². The Bertz CT molecular complexity index is 423. The first kappa shape index (κ1) is 17.9. The third-order valence-corrected chi connectivity index (χ3v) is 2.32. The fourth-order valence-electron chi connectivity index (χ4n) is 1.38. The number of hydrogen-bond donors (Lipinski definition) is 1. The number of hydrogen-bond acceptors (Lipinski definition) is 3. The summed E-state index contributed by atoms with van der Waals surface area (Å²) in [6.07, 6.45) is 1.11. The van der Waals surface area contributed by atoms with Gasteiger partial charge in [-0.2, -0.15) is 0 Å². The molecule has 1 atom stereocenters. The van der Waals surface area contributed by atoms with Gasteiger partial charge in [-0.05, 0) is 11.9 Å². The van der Waals surface area contributed by atoms with Gasteiger partial charge in [0, 0.05) is 46.2 Å². The molecule has 6 heteroatoms. The van der Waals surface area contributed by atoms with Gasteiger partial charge in [0.05, 0.1) is 0 Å². The van der Waals surface area contributed by atoms with Crippen LogP contribution >= 0.6 is 0 Å². The van der Waals surface area contributed by atoms with Crippen molar-refractivity contribution in [2.24, 2.45) is 0 Å². The Morgan fingerprint density at radius 1 is 1.47 bits per heavy atom. The van der Waals surface area contributed by atoms with Crippen molar-refractivity contribution in [2.75, 3.05) is 7.05 Å². The van der Waals surface area contributed by atoms with E-state index >= 15 is 0 Å². The topological polar surface area (TPSA) is 77.3 Å². The molecule has 0 aliphatic heterocycles. The van der Waals surface area contributed by atoms with Crippen LogP contribution in [0.5, 0.6) is 0 Å². The molecule has 1 aromatic rings. The second kappa shape index (κ2) is 9.81. The second-order valence-electron chi connectivity index (χ2n) is 3.58. The van der Waals surface area contributed by atoms with Crippen LogP contribution in [0.4, 0.5) is 0 Å². The van der Waals surface area contributed by atoms with Gasteiger partial charge in [0.2, 0.25) is 5.91 Å². The minimum absolute atomic E-state index is 0. The Labute approximate surface area is 137 Å². The van der Waals surface area contributed by atoms with Crippen LogP contribution in [0, 0.1) is 6.07 Å². The first-order chi connectivity index (χ1) is 8.69. The molecule has 1 N–H and O–H groups in total. The Morgan fingerprint density at radius 3 is 2.74 bits per heavy atom. The van der Waals surface area contributed by atoms with Gasteiger partial charge in [-0.25, -0.2) is 0 Å². The van der Waals surface area contributed by atoms with Crippen LogP contribution in [0.1, 0.15) is 23.2 Å². The number of amides is 2. The van der Waals surface area contributed by atoms with Crippen molar-refractivity contribution in [3.05, 3.63) is 41.2 Å². The Morgan fingerprint density at radius 2 is 2.21 bits per heavy atom. The van der Waals surface area contributed by atoms with Gasteiger partial charge < -0.3 is 20.2 Å². The van der Waals surface area contributed by atoms with Crippen LogP contribution in [0.2, 0.25) is 0 Å². The van der Waals surface area contributed by atoms with Crippen LogP contribution in [0.15, 0.2) is 24.3 Å². The van der Waals surface area contributed by atoms with E-state index in [1.54, 1.807) is 24.3 Å². The molecular weight excluding hydrogens is 321 g/mol. The fourth-order valence-corrected chi connectivity index (χ4v) is 1.38. The minimum atomic E-state index is -0.832. The van der Waals surface area contributed by atoms with Crippen molar-refractivity contribution in [1.29, 1.82) is 0 Å². The Kier molecular flexibility index (Phi) is 9.26. The smallest absolute Gasteiger partial charge is 0.204 e. The third-order valence-electron chi connectivity index (χ3n) is 2.32. The van der Waals surface area contributed by atoms with E-state index in [9.17, 15) is 14.4 Å². The summed E-state index contributed by atoms with van der Waals surface area (Å²) in [4.78, 5) is 33.6. The SMILES string of the molecule is CNC(=O)C(CCC=O)[N-]C(=O)c1[c-]cccc1.[Y]. The first-order valence-corrected chi connectivity index (χ1v) is 5.56. The molecule has 99 valence electrons. The summed E-state index contributed by atoms with van der Waals surface area (Å²) in [6, 6.07) is 8.52. The summed E-state index contributed by atoms with van der Waals surface area (Å²) in [5.41, 5.74) is 0.303. The average molecular weight is 335 g/mol. The van der Waals surface area contributed by atoms with Crippen LogP contribution in [0.3, 0.4) is 0 Å². The molecule has 1 aromatic carbocycles. The van der Waals surface area contributed by atoms with E-state index < -0.39 is 11.9 Å². The van der Waals surface area contributed by atoms with Crippen molar-refractivity contribution in [3.63, 3.8) is 0 Å². The molecule has 0 aromatic heterocycles. The predicted octanol–water partition coefficient (Wildman–Crippen LogP) is 1.09. The number of nitrogens with zero attached hydrogens (tertiary/aromatic N) is 1. The van der Waals surface area contributed by atoms with Gasteiger partial charge in [0.15, 0.2) is 0 Å². The minimum Gasteiger partial charge on any atom is -0.684 e. The zero-order valence-corrected chi connectivity index (χ0v) is 13.5. The fraction of sp³-hybridized carbons (Fsp3) is 0.308. The molecule has 0 saturated carbocycles. The normalized spacial score (nSPS) is 10.8. The first-order valence-electron chi connectivity index (χ1n) is 5.56. The summed E-state index contributed by atoms with van der Waals surface area (Å²) in [6.45, 7) is 0. The molecule has 5 nitrogen and oxygen atoms in total. The van der Waals surface area contributed by atoms with E-state index in [0.717, 1.165) is 0 Å². The zero-order valence-electron chi connectivity index (χ0n) is 10.6. The van der Waals surface area contributed by atoms with Gasteiger partial charge in [0.25, 0.3) is 0 Å². The molecule has 19 heavy (non-hydrogen) atoms. The molecule has 0 bridgehead atoms. The predicted molar refractivity (Wildman–Crippen MR) is 66.1 cm³/mol. The summed E-state index contributed by atoms with van der Waals surface area (Å²) in [5, 5.41) is 6.23. The number of aldehydes is 1. The van der Waals surface area contributed by atoms with Crippen LogP contribution in [-0.4, -0.2) is 31.2 Å². The van der Waals surface area contributed by atoms with Crippen molar-refractivity contribution in [3.8, 4) is 0 Å². The number of benzene rings is 1. The molecular formula is C13H14N2O3Y-2. The summed E-state index contributed by atoms with van der Waals surface area (Å²) < 4.78 is 0. The molecule has 1 unspecified atom stereocenters. The third kappa shape index (κ3) is 6.07. The molecule has 0 fully saturated rings. The number of carbonyl (C=O) groups is 3. The number of rotatable bonds is 6. The summed E-state index contributed by atoms with van der Waals surface area (Å²) in [7, 11) is 1.46. The number of carbonyl (C=O) groups excluding carboxylic acids is 3. The van der Waals surface area contributed by atoms with Crippen LogP contribution in [-0.2, 0) is 42.3 Å². The Balaban J connectivity index is 0.00000324. The monoisotopic (exact) mass is 335 g/mol. The molecule has 0 heterocycles. The van der Waals surface area contributed by atoms with E-state index in [1.807, 2.05) is 0 Å². The standard InChI is InChI=1S/C13H15N2O3.Y/c1-14-13(18)11(8-5-9-16)15-12(17)10-6-3-2-4-7-10;/h2-4,6,9,11H,5,8H2,1H3,(H2,14,15,17,18);/q-1;/p-1. The molecule has 2 amide bonds. The average Bonchev–Trinajstić information content (AvgIpc) is 2.43. The van der Waals surface area contributed by atoms with Crippen molar-refractivity contribution in [2.45, 2.75) is 18.9 Å². The maximum atomic E-state index is 11.8. The number of likely N-dealkylation sites (N-methyl/N-ethyl adjacent to an activating group) is 1. The van der Waals surface area contributed by atoms with Gasteiger partial charge in [0.1, 0.15) is 6.29 Å². The summed E-state index contributed by atoms with van der Waals surface area (Å²) in [5.74, 6) is -0.878. The van der Waals surface area contributed by atoms with Gasteiger partial charge >= 0.3 is 0 Å². The summed E-state index contributed by atoms with van der Waals surface area (Å²) >= 11 is 0. The Hall–Kier alpha value is -1.07. The van der Waals surface area contributed by atoms with Crippen LogP contribution < -0.4 is 5.32 Å². The van der Waals surface area contributed by atoms with E-state index in [-0.39, 0.29) is 51.5 Å². The number of nitrogens with one attached hydrogen (secondary N) is 1. The maximum absolute atomic E-state index is 11.8. The zero-order chi connectivity index (χ0) is 13.4. The van der Waals surface area contributed by atoms with Gasteiger partial charge in [-0.1, -0.05) is 6.42 Å². The van der Waals surface area contributed by atoms with Gasteiger partial charge in [-0.3, -0.25) is 4.79 Å². The molecule has 1 radical (unpaired) electrons. The largest absolute Gasteiger partial charge is 0.684 e. The second-order valence-corrected chi connectivity index (χ2v) is 3.58.